The molecule has 3 rings (SSSR count). The Balaban J connectivity index is 1.44. The maximum absolute atomic E-state index is 12.2. The lowest BCUT2D eigenvalue weighted by atomic mass is 9.86. The minimum atomic E-state index is 0.216. The highest BCUT2D eigenvalue weighted by Crippen LogP contribution is 2.49. The van der Waals surface area contributed by atoms with E-state index < -0.39 is 0 Å². The summed E-state index contributed by atoms with van der Waals surface area (Å²) < 4.78 is 11.3. The molecule has 0 unspecified atom stereocenters. The van der Waals surface area contributed by atoms with E-state index in [1.165, 1.54) is 25.7 Å². The largest absolute Gasteiger partial charge is 0.490 e. The van der Waals surface area contributed by atoms with Crippen molar-refractivity contribution in [2.45, 2.75) is 52.4 Å². The van der Waals surface area contributed by atoms with Gasteiger partial charge in [0.25, 0.3) is 0 Å². The van der Waals surface area contributed by atoms with Gasteiger partial charge in [0.05, 0.1) is 13.2 Å². The third-order valence-corrected chi connectivity index (χ3v) is 5.68. The van der Waals surface area contributed by atoms with Gasteiger partial charge >= 0.3 is 0 Å². The summed E-state index contributed by atoms with van der Waals surface area (Å²) in [5.41, 5.74) is 1.16. The summed E-state index contributed by atoms with van der Waals surface area (Å²) in [4.78, 5) is 12.2. The lowest BCUT2D eigenvalue weighted by Gasteiger charge is -2.20. The molecule has 2 bridgehead atoms. The summed E-state index contributed by atoms with van der Waals surface area (Å²) in [6, 6.07) is 6.03. The van der Waals surface area contributed by atoms with Gasteiger partial charge < -0.3 is 14.8 Å². The minimum absolute atomic E-state index is 0.216. The molecule has 0 spiro atoms. The molecule has 3 atom stereocenters. The van der Waals surface area contributed by atoms with Gasteiger partial charge in [-0.2, -0.15) is 0 Å². The second-order valence-electron chi connectivity index (χ2n) is 7.39. The molecule has 0 radical (unpaired) electrons. The Kier molecular flexibility index (Phi) is 6.22. The highest BCUT2D eigenvalue weighted by atomic mass is 16.5. The third-order valence-electron chi connectivity index (χ3n) is 5.68. The predicted molar refractivity (Wildman–Crippen MR) is 99.0 cm³/mol. The van der Waals surface area contributed by atoms with Crippen LogP contribution in [0.3, 0.4) is 0 Å². The number of nitrogens with one attached hydrogen (secondary N) is 1. The SMILES string of the molecule is CCOc1ccc(CCNC(=O)C[C@@H]2C[C@H]3CC[C@@H]2C3)cc1OCC. The molecular formula is C21H31NO3. The average Bonchev–Trinajstić information content (AvgIpc) is 3.20. The standard InChI is InChI=1S/C21H31NO3/c1-3-24-19-8-6-15(13-20(19)25-4-2)9-10-22-21(23)14-18-12-16-5-7-17(18)11-16/h6,8,13,16-18H,3-5,7,9-12,14H2,1-2H3,(H,22,23)/t16-,17+,18-/m0/s1. The minimum Gasteiger partial charge on any atom is -0.490 e. The lowest BCUT2D eigenvalue weighted by molar-refractivity contribution is -0.122. The Morgan fingerprint density at radius 1 is 1.12 bits per heavy atom. The molecule has 0 saturated heterocycles. The zero-order valence-corrected chi connectivity index (χ0v) is 15.6. The van der Waals surface area contributed by atoms with Gasteiger partial charge in [0, 0.05) is 13.0 Å². The molecule has 1 amide bonds. The summed E-state index contributed by atoms with van der Waals surface area (Å²) in [5.74, 6) is 4.14. The summed E-state index contributed by atoms with van der Waals surface area (Å²) in [7, 11) is 0. The van der Waals surface area contributed by atoms with E-state index in [4.69, 9.17) is 9.47 Å². The molecule has 1 aromatic rings. The van der Waals surface area contributed by atoms with Crippen molar-refractivity contribution in [2.75, 3.05) is 19.8 Å². The molecule has 0 aliphatic heterocycles. The Hall–Kier alpha value is -1.71. The predicted octanol–water partition coefficient (Wildman–Crippen LogP) is 3.97. The Labute approximate surface area is 151 Å². The van der Waals surface area contributed by atoms with Crippen LogP contribution in [0.25, 0.3) is 0 Å². The number of hydrogen-bond donors (Lipinski definition) is 1. The van der Waals surface area contributed by atoms with Crippen LogP contribution >= 0.6 is 0 Å². The van der Waals surface area contributed by atoms with Crippen LogP contribution in [0, 0.1) is 17.8 Å². The molecule has 1 N–H and O–H groups in total. The number of benzene rings is 1. The van der Waals surface area contributed by atoms with Gasteiger partial charge in [-0.1, -0.05) is 12.5 Å². The lowest BCUT2D eigenvalue weighted by Crippen LogP contribution is -2.29. The Morgan fingerprint density at radius 2 is 1.92 bits per heavy atom. The van der Waals surface area contributed by atoms with Gasteiger partial charge in [0.2, 0.25) is 5.91 Å². The number of carbonyl (C=O) groups is 1. The normalized spacial score (nSPS) is 24.3. The smallest absolute Gasteiger partial charge is 0.220 e. The monoisotopic (exact) mass is 345 g/mol. The van der Waals surface area contributed by atoms with Crippen molar-refractivity contribution < 1.29 is 14.3 Å². The molecule has 0 aromatic heterocycles. The van der Waals surface area contributed by atoms with Gasteiger partial charge in [-0.25, -0.2) is 0 Å². The summed E-state index contributed by atoms with van der Waals surface area (Å²) >= 11 is 0. The van der Waals surface area contributed by atoms with Crippen molar-refractivity contribution in [1.82, 2.24) is 5.32 Å². The maximum Gasteiger partial charge on any atom is 0.220 e. The summed E-state index contributed by atoms with van der Waals surface area (Å²) in [6.45, 7) is 5.86. The number of carbonyl (C=O) groups excluding carboxylic acids is 1. The van der Waals surface area contributed by atoms with E-state index in [1.54, 1.807) is 0 Å². The zero-order chi connectivity index (χ0) is 17.6. The molecule has 0 heterocycles. The number of ether oxygens (including phenoxy) is 2. The van der Waals surface area contributed by atoms with E-state index in [1.807, 2.05) is 26.0 Å². The van der Waals surface area contributed by atoms with Crippen molar-refractivity contribution >= 4 is 5.91 Å². The first-order valence-corrected chi connectivity index (χ1v) is 9.84. The van der Waals surface area contributed by atoms with E-state index in [0.717, 1.165) is 35.3 Å². The van der Waals surface area contributed by atoms with Crippen LogP contribution in [0.2, 0.25) is 0 Å². The fourth-order valence-corrected chi connectivity index (χ4v) is 4.53. The topological polar surface area (TPSA) is 47.6 Å². The second kappa shape index (κ2) is 8.59. The fraction of sp³-hybridized carbons (Fsp3) is 0.667. The van der Waals surface area contributed by atoms with Crippen LogP contribution in [0.4, 0.5) is 0 Å². The first-order chi connectivity index (χ1) is 12.2. The van der Waals surface area contributed by atoms with Gasteiger partial charge in [-0.15, -0.1) is 0 Å². The molecule has 2 aliphatic carbocycles. The van der Waals surface area contributed by atoms with Gasteiger partial charge in [-0.05, 0) is 75.0 Å². The molecule has 2 aliphatic rings. The Bertz CT molecular complexity index is 587. The first kappa shape index (κ1) is 18.1. The van der Waals surface area contributed by atoms with Crippen molar-refractivity contribution in [2.24, 2.45) is 17.8 Å². The number of amides is 1. The molecule has 138 valence electrons. The highest BCUT2D eigenvalue weighted by Gasteiger charge is 2.39. The molecule has 4 heteroatoms. The second-order valence-corrected chi connectivity index (χ2v) is 7.39. The van der Waals surface area contributed by atoms with Crippen molar-refractivity contribution in [3.8, 4) is 11.5 Å². The molecule has 2 saturated carbocycles. The zero-order valence-electron chi connectivity index (χ0n) is 15.6. The number of rotatable bonds is 9. The van der Waals surface area contributed by atoms with Crippen LogP contribution in [0.15, 0.2) is 18.2 Å². The van der Waals surface area contributed by atoms with Crippen LogP contribution < -0.4 is 14.8 Å². The van der Waals surface area contributed by atoms with Crippen molar-refractivity contribution in [3.05, 3.63) is 23.8 Å². The van der Waals surface area contributed by atoms with Crippen molar-refractivity contribution in [1.29, 1.82) is 0 Å². The first-order valence-electron chi connectivity index (χ1n) is 9.84. The van der Waals surface area contributed by atoms with E-state index in [-0.39, 0.29) is 5.91 Å². The van der Waals surface area contributed by atoms with Crippen LogP contribution in [-0.2, 0) is 11.2 Å². The average molecular weight is 345 g/mol. The molecule has 25 heavy (non-hydrogen) atoms. The van der Waals surface area contributed by atoms with E-state index in [0.29, 0.717) is 32.1 Å². The third kappa shape index (κ3) is 4.68. The quantitative estimate of drug-likeness (QED) is 0.737. The van der Waals surface area contributed by atoms with Crippen molar-refractivity contribution in [3.63, 3.8) is 0 Å². The number of fused-ring (bicyclic) bond motifs is 2. The molecule has 4 nitrogen and oxygen atoms in total. The number of hydrogen-bond acceptors (Lipinski definition) is 3. The van der Waals surface area contributed by atoms with E-state index in [9.17, 15) is 4.79 Å². The summed E-state index contributed by atoms with van der Waals surface area (Å²) in [5, 5.41) is 3.10. The van der Waals surface area contributed by atoms with Crippen LogP contribution in [0.1, 0.15) is 51.5 Å². The summed E-state index contributed by atoms with van der Waals surface area (Å²) in [6.07, 6.45) is 6.90. The maximum atomic E-state index is 12.2. The van der Waals surface area contributed by atoms with E-state index in [2.05, 4.69) is 11.4 Å². The molecule has 2 fully saturated rings. The van der Waals surface area contributed by atoms with E-state index >= 15 is 0 Å². The highest BCUT2D eigenvalue weighted by molar-refractivity contribution is 5.76. The van der Waals surface area contributed by atoms with Gasteiger partial charge in [0.15, 0.2) is 11.5 Å². The fourth-order valence-electron chi connectivity index (χ4n) is 4.53. The van der Waals surface area contributed by atoms with Crippen LogP contribution in [0.5, 0.6) is 11.5 Å². The van der Waals surface area contributed by atoms with Gasteiger partial charge in [0.1, 0.15) is 0 Å². The molecular weight excluding hydrogens is 314 g/mol. The van der Waals surface area contributed by atoms with Crippen LogP contribution in [-0.4, -0.2) is 25.7 Å². The molecule has 1 aromatic carbocycles. The van der Waals surface area contributed by atoms with Gasteiger partial charge in [-0.3, -0.25) is 4.79 Å². The Morgan fingerprint density at radius 3 is 2.60 bits per heavy atom.